The van der Waals surface area contributed by atoms with Gasteiger partial charge in [0.2, 0.25) is 0 Å². The van der Waals surface area contributed by atoms with Crippen LogP contribution >= 0.6 is 11.6 Å². The van der Waals surface area contributed by atoms with Crippen molar-refractivity contribution >= 4 is 27.3 Å². The number of halogens is 2. The van der Waals surface area contributed by atoms with E-state index in [4.69, 9.17) is 11.6 Å². The first kappa shape index (κ1) is 15.8. The molecule has 0 bridgehead atoms. The second-order valence-corrected chi connectivity index (χ2v) is 6.44. The third-order valence-corrected chi connectivity index (χ3v) is 4.42. The Morgan fingerprint density at radius 1 is 1.38 bits per heavy atom. The van der Waals surface area contributed by atoms with Gasteiger partial charge in [-0.25, -0.2) is 12.8 Å². The van der Waals surface area contributed by atoms with Crippen LogP contribution in [-0.4, -0.2) is 19.9 Å². The fourth-order valence-electron chi connectivity index (χ4n) is 1.72. The third-order valence-electron chi connectivity index (χ3n) is 2.79. The average Bonchev–Trinajstić information content (AvgIpc) is 2.91. The van der Waals surface area contributed by atoms with Gasteiger partial charge < -0.3 is 10.3 Å². The molecular formula is C13H15ClFN3O2S. The van der Waals surface area contributed by atoms with Crippen LogP contribution in [0, 0.1) is 5.82 Å². The molecule has 1 heterocycles. The fraction of sp³-hybridized carbons (Fsp3) is 0.231. The first-order valence-corrected chi connectivity index (χ1v) is 8.15. The molecule has 0 amide bonds. The van der Waals surface area contributed by atoms with E-state index < -0.39 is 15.8 Å². The summed E-state index contributed by atoms with van der Waals surface area (Å²) in [4.78, 5) is 2.89. The largest absolute Gasteiger partial charge is 0.363 e. The fourth-order valence-corrected chi connectivity index (χ4v) is 2.97. The monoisotopic (exact) mass is 331 g/mol. The predicted octanol–water partition coefficient (Wildman–Crippen LogP) is 2.72. The summed E-state index contributed by atoms with van der Waals surface area (Å²) < 4.78 is 40.3. The Morgan fingerprint density at radius 2 is 2.14 bits per heavy atom. The zero-order valence-corrected chi connectivity index (χ0v) is 12.9. The van der Waals surface area contributed by atoms with Gasteiger partial charge in [0.1, 0.15) is 4.90 Å². The van der Waals surface area contributed by atoms with Crippen LogP contribution < -0.4 is 10.0 Å². The highest BCUT2D eigenvalue weighted by Gasteiger charge is 2.18. The minimum Gasteiger partial charge on any atom is -0.363 e. The summed E-state index contributed by atoms with van der Waals surface area (Å²) in [7, 11) is -3.86. The molecule has 0 saturated carbocycles. The Hall–Kier alpha value is -1.57. The smallest absolute Gasteiger partial charge is 0.263 e. The quantitative estimate of drug-likeness (QED) is 0.762. The Bertz CT molecular complexity index is 731. The molecule has 3 N–H and O–H groups in total. The van der Waals surface area contributed by atoms with Crippen LogP contribution in [0.3, 0.4) is 0 Å². The Labute approximate surface area is 127 Å². The molecule has 0 fully saturated rings. The summed E-state index contributed by atoms with van der Waals surface area (Å²) in [6.07, 6.45) is 1.36. The molecule has 0 radical (unpaired) electrons. The van der Waals surface area contributed by atoms with Crippen LogP contribution in [0.4, 0.5) is 10.1 Å². The van der Waals surface area contributed by atoms with Crippen molar-refractivity contribution < 1.29 is 12.8 Å². The van der Waals surface area contributed by atoms with E-state index in [0.29, 0.717) is 6.54 Å². The van der Waals surface area contributed by atoms with Crippen LogP contribution in [0.5, 0.6) is 0 Å². The lowest BCUT2D eigenvalue weighted by molar-refractivity contribution is 0.598. The maximum Gasteiger partial charge on any atom is 0.263 e. The van der Waals surface area contributed by atoms with Crippen LogP contribution in [0.25, 0.3) is 0 Å². The minimum absolute atomic E-state index is 0.0368. The van der Waals surface area contributed by atoms with E-state index in [-0.39, 0.29) is 15.6 Å². The molecule has 0 unspecified atom stereocenters. The van der Waals surface area contributed by atoms with Crippen LogP contribution in [0.15, 0.2) is 35.4 Å². The summed E-state index contributed by atoms with van der Waals surface area (Å²) in [6.45, 7) is 3.24. The van der Waals surface area contributed by atoms with Gasteiger partial charge in [-0.15, -0.1) is 0 Å². The van der Waals surface area contributed by atoms with Gasteiger partial charge in [-0.2, -0.15) is 0 Å². The summed E-state index contributed by atoms with van der Waals surface area (Å²) in [5, 5.41) is 2.93. The van der Waals surface area contributed by atoms with Crippen molar-refractivity contribution in [3.63, 3.8) is 0 Å². The number of aromatic nitrogens is 1. The molecule has 2 aromatic rings. The van der Waals surface area contributed by atoms with Crippen molar-refractivity contribution in [2.24, 2.45) is 0 Å². The first-order valence-electron chi connectivity index (χ1n) is 6.29. The first-order chi connectivity index (χ1) is 9.94. The number of sulfonamides is 1. The van der Waals surface area contributed by atoms with Gasteiger partial charge in [-0.3, -0.25) is 4.72 Å². The molecule has 2 rings (SSSR count). The SMILES string of the molecule is CCNCc1cc(S(=O)(=O)Nc2cccc(Cl)c2F)c[nH]1. The summed E-state index contributed by atoms with van der Waals surface area (Å²) in [5.41, 5.74) is 0.542. The number of aromatic amines is 1. The molecule has 0 saturated heterocycles. The van der Waals surface area contributed by atoms with Gasteiger partial charge in [0.25, 0.3) is 10.0 Å². The maximum absolute atomic E-state index is 13.7. The number of rotatable bonds is 6. The van der Waals surface area contributed by atoms with Crippen molar-refractivity contribution in [3.8, 4) is 0 Å². The van der Waals surface area contributed by atoms with E-state index in [0.717, 1.165) is 12.2 Å². The van der Waals surface area contributed by atoms with Crippen LogP contribution in [0.1, 0.15) is 12.6 Å². The topological polar surface area (TPSA) is 74.0 Å². The maximum atomic E-state index is 13.7. The van der Waals surface area contributed by atoms with E-state index >= 15 is 0 Å². The van der Waals surface area contributed by atoms with E-state index in [9.17, 15) is 12.8 Å². The molecule has 0 atom stereocenters. The molecule has 114 valence electrons. The van der Waals surface area contributed by atoms with Crippen molar-refractivity contribution in [1.29, 1.82) is 0 Å². The zero-order valence-electron chi connectivity index (χ0n) is 11.3. The third kappa shape index (κ3) is 3.75. The molecule has 0 aliphatic carbocycles. The van der Waals surface area contributed by atoms with E-state index in [2.05, 4.69) is 15.0 Å². The molecule has 1 aromatic carbocycles. The minimum atomic E-state index is -3.86. The lowest BCUT2D eigenvalue weighted by Crippen LogP contribution is -2.14. The number of anilines is 1. The standard InChI is InChI=1S/C13H15ClFN3O2S/c1-2-16-7-9-6-10(8-17-9)21(19,20)18-12-5-3-4-11(14)13(12)15/h3-6,8,16-18H,2,7H2,1H3. The molecule has 21 heavy (non-hydrogen) atoms. The molecule has 5 nitrogen and oxygen atoms in total. The average molecular weight is 332 g/mol. The molecule has 8 heteroatoms. The highest BCUT2D eigenvalue weighted by molar-refractivity contribution is 7.92. The van der Waals surface area contributed by atoms with Crippen LogP contribution in [-0.2, 0) is 16.6 Å². The lowest BCUT2D eigenvalue weighted by atomic mass is 10.3. The summed E-state index contributed by atoms with van der Waals surface area (Å²) in [5.74, 6) is -0.800. The van der Waals surface area contributed by atoms with Gasteiger partial charge in [-0.05, 0) is 24.7 Å². The Morgan fingerprint density at radius 3 is 2.86 bits per heavy atom. The zero-order chi connectivity index (χ0) is 15.5. The highest BCUT2D eigenvalue weighted by Crippen LogP contribution is 2.24. The van der Waals surface area contributed by atoms with Gasteiger partial charge in [-0.1, -0.05) is 24.6 Å². The number of hydrogen-bond donors (Lipinski definition) is 3. The predicted molar refractivity (Wildman–Crippen MR) is 80.4 cm³/mol. The molecule has 0 aliphatic rings. The van der Waals surface area contributed by atoms with Gasteiger partial charge in [0.15, 0.2) is 5.82 Å². The van der Waals surface area contributed by atoms with Crippen molar-refractivity contribution in [2.45, 2.75) is 18.4 Å². The normalized spacial score (nSPS) is 11.6. The van der Waals surface area contributed by atoms with Gasteiger partial charge >= 0.3 is 0 Å². The van der Waals surface area contributed by atoms with E-state index in [1.165, 1.54) is 30.5 Å². The number of nitrogens with one attached hydrogen (secondary N) is 3. The van der Waals surface area contributed by atoms with Crippen molar-refractivity contribution in [2.75, 3.05) is 11.3 Å². The highest BCUT2D eigenvalue weighted by atomic mass is 35.5. The molecular weight excluding hydrogens is 317 g/mol. The molecule has 0 spiro atoms. The number of H-pyrrole nitrogens is 1. The second kappa shape index (κ2) is 6.46. The van der Waals surface area contributed by atoms with Gasteiger partial charge in [0, 0.05) is 18.4 Å². The number of hydrogen-bond acceptors (Lipinski definition) is 3. The van der Waals surface area contributed by atoms with E-state index in [1.54, 1.807) is 0 Å². The van der Waals surface area contributed by atoms with E-state index in [1.807, 2.05) is 6.92 Å². The lowest BCUT2D eigenvalue weighted by Gasteiger charge is -2.08. The van der Waals surface area contributed by atoms with Crippen LogP contribution in [0.2, 0.25) is 5.02 Å². The second-order valence-electron chi connectivity index (χ2n) is 4.35. The Balaban J connectivity index is 2.22. The van der Waals surface area contributed by atoms with Gasteiger partial charge in [0.05, 0.1) is 10.7 Å². The molecule has 0 aliphatic heterocycles. The molecule has 1 aromatic heterocycles. The summed E-state index contributed by atoms with van der Waals surface area (Å²) in [6, 6.07) is 5.62. The van der Waals surface area contributed by atoms with Crippen molar-refractivity contribution in [1.82, 2.24) is 10.3 Å². The summed E-state index contributed by atoms with van der Waals surface area (Å²) >= 11 is 5.63. The number of benzene rings is 1. The Kier molecular flexibility index (Phi) is 4.87. The van der Waals surface area contributed by atoms with Crippen molar-refractivity contribution in [3.05, 3.63) is 47.0 Å².